The van der Waals surface area contributed by atoms with Gasteiger partial charge in [0.05, 0.1) is 24.6 Å². The zero-order valence-electron chi connectivity index (χ0n) is 21.8. The van der Waals surface area contributed by atoms with Crippen LogP contribution < -0.4 is 9.47 Å². The smallest absolute Gasteiger partial charge is 0.243 e. The van der Waals surface area contributed by atoms with Gasteiger partial charge in [0.1, 0.15) is 12.4 Å². The van der Waals surface area contributed by atoms with Crippen LogP contribution in [-0.4, -0.2) is 56.9 Å². The maximum Gasteiger partial charge on any atom is 0.243 e. The van der Waals surface area contributed by atoms with Crippen molar-refractivity contribution < 1.29 is 27.1 Å². The van der Waals surface area contributed by atoms with E-state index in [9.17, 15) is 17.6 Å². The summed E-state index contributed by atoms with van der Waals surface area (Å²) in [6, 6.07) is 13.8. The van der Waals surface area contributed by atoms with Gasteiger partial charge < -0.3 is 14.4 Å². The third-order valence-electron chi connectivity index (χ3n) is 6.87. The molecule has 0 aliphatic carbocycles. The predicted molar refractivity (Wildman–Crippen MR) is 146 cm³/mol. The molecule has 10 heteroatoms. The van der Waals surface area contributed by atoms with Gasteiger partial charge in [-0.2, -0.15) is 4.31 Å². The van der Waals surface area contributed by atoms with Gasteiger partial charge in [0.15, 0.2) is 11.6 Å². The number of para-hydroxylation sites is 1. The van der Waals surface area contributed by atoms with Crippen LogP contribution >= 0.6 is 11.3 Å². The lowest BCUT2D eigenvalue weighted by Crippen LogP contribution is -2.48. The van der Waals surface area contributed by atoms with E-state index in [2.05, 4.69) is 0 Å². The van der Waals surface area contributed by atoms with Gasteiger partial charge >= 0.3 is 0 Å². The van der Waals surface area contributed by atoms with E-state index in [0.717, 1.165) is 16.9 Å². The fourth-order valence-electron chi connectivity index (χ4n) is 4.47. The van der Waals surface area contributed by atoms with Gasteiger partial charge in [-0.1, -0.05) is 32.4 Å². The highest BCUT2D eigenvalue weighted by molar-refractivity contribution is 7.89. The Hall–Kier alpha value is -2.95. The first-order valence-corrected chi connectivity index (χ1v) is 14.9. The Morgan fingerprint density at radius 1 is 1.18 bits per heavy atom. The van der Waals surface area contributed by atoms with Crippen LogP contribution in [0.15, 0.2) is 64.9 Å². The molecule has 0 N–H and O–H groups in total. The third-order valence-corrected chi connectivity index (χ3v) is 9.69. The zero-order valence-corrected chi connectivity index (χ0v) is 23.4. The van der Waals surface area contributed by atoms with Gasteiger partial charge in [-0.15, -0.1) is 11.3 Å². The molecule has 0 bridgehead atoms. The molecule has 0 fully saturated rings. The Morgan fingerprint density at radius 2 is 1.92 bits per heavy atom. The maximum absolute atomic E-state index is 14.2. The number of amides is 1. The van der Waals surface area contributed by atoms with Gasteiger partial charge in [-0.05, 0) is 65.7 Å². The van der Waals surface area contributed by atoms with E-state index in [-0.39, 0.29) is 42.2 Å². The second-order valence-corrected chi connectivity index (χ2v) is 12.3. The first kappa shape index (κ1) is 28.1. The van der Waals surface area contributed by atoms with Gasteiger partial charge in [-0.25, -0.2) is 12.8 Å². The molecule has 0 radical (unpaired) electrons. The number of rotatable bonds is 11. The summed E-state index contributed by atoms with van der Waals surface area (Å²) in [5.74, 6) is -0.0731. The highest BCUT2D eigenvalue weighted by Crippen LogP contribution is 2.34. The number of nitrogens with zero attached hydrogens (tertiary/aromatic N) is 2. The minimum Gasteiger partial charge on any atom is -0.497 e. The number of methoxy groups -OCH3 is 1. The minimum absolute atomic E-state index is 0.0563. The number of carbonyl (C=O) groups excluding carboxylic acids is 1. The van der Waals surface area contributed by atoms with Crippen LogP contribution in [-0.2, 0) is 21.2 Å². The van der Waals surface area contributed by atoms with E-state index in [4.69, 9.17) is 9.47 Å². The lowest BCUT2D eigenvalue weighted by molar-refractivity contribution is -0.135. The van der Waals surface area contributed by atoms with Crippen molar-refractivity contribution in [1.82, 2.24) is 9.21 Å². The van der Waals surface area contributed by atoms with Gasteiger partial charge in [0.2, 0.25) is 15.9 Å². The Labute approximate surface area is 227 Å². The first-order chi connectivity index (χ1) is 18.2. The molecule has 1 aromatic heterocycles. The van der Waals surface area contributed by atoms with E-state index in [1.54, 1.807) is 46.6 Å². The Balaban J connectivity index is 1.59. The maximum atomic E-state index is 14.2. The topological polar surface area (TPSA) is 76.2 Å². The molecule has 0 unspecified atom stereocenters. The van der Waals surface area contributed by atoms with Crippen molar-refractivity contribution in [2.45, 2.75) is 37.6 Å². The van der Waals surface area contributed by atoms with Crippen molar-refractivity contribution in [3.05, 3.63) is 76.2 Å². The summed E-state index contributed by atoms with van der Waals surface area (Å²) in [5.41, 5.74) is 0.956. The SMILES string of the molecule is CC[C@@H](C)CN(CC(=O)N1CCc2sccc2[C@@H]1COc1ccccc1F)S(=O)(=O)c1ccc(OC)cc1. The number of thiophene rings is 1. The molecule has 1 aliphatic rings. The summed E-state index contributed by atoms with van der Waals surface area (Å²) < 4.78 is 53.7. The Bertz CT molecular complexity index is 1340. The highest BCUT2D eigenvalue weighted by Gasteiger charge is 2.35. The summed E-state index contributed by atoms with van der Waals surface area (Å²) in [6.45, 7) is 4.36. The van der Waals surface area contributed by atoms with Crippen LogP contribution in [0.25, 0.3) is 0 Å². The van der Waals surface area contributed by atoms with Gasteiger partial charge in [-0.3, -0.25) is 4.79 Å². The molecule has 3 aromatic rings. The average molecular weight is 561 g/mol. The predicted octanol–water partition coefficient (Wildman–Crippen LogP) is 5.14. The van der Waals surface area contributed by atoms with Crippen molar-refractivity contribution in [2.75, 3.05) is 33.4 Å². The fourth-order valence-corrected chi connectivity index (χ4v) is 6.91. The largest absolute Gasteiger partial charge is 0.497 e. The monoisotopic (exact) mass is 560 g/mol. The summed E-state index contributed by atoms with van der Waals surface area (Å²) in [4.78, 5) is 16.7. The molecule has 2 aromatic carbocycles. The van der Waals surface area contributed by atoms with E-state index < -0.39 is 21.9 Å². The summed E-state index contributed by atoms with van der Waals surface area (Å²) >= 11 is 1.61. The number of fused-ring (bicyclic) bond motifs is 1. The number of ether oxygens (including phenoxy) is 2. The molecule has 0 saturated heterocycles. The number of sulfonamides is 1. The normalized spacial score (nSPS) is 16.2. The van der Waals surface area contributed by atoms with Gasteiger partial charge in [0, 0.05) is 18.0 Å². The van der Waals surface area contributed by atoms with Crippen molar-refractivity contribution >= 4 is 27.3 Å². The second kappa shape index (κ2) is 12.3. The van der Waals surface area contributed by atoms with E-state index in [1.807, 2.05) is 25.3 Å². The summed E-state index contributed by atoms with van der Waals surface area (Å²) in [5, 5.41) is 1.97. The molecule has 0 saturated carbocycles. The van der Waals surface area contributed by atoms with Crippen LogP contribution in [0.5, 0.6) is 11.5 Å². The average Bonchev–Trinajstić information content (AvgIpc) is 3.41. The van der Waals surface area contributed by atoms with E-state index >= 15 is 0 Å². The summed E-state index contributed by atoms with van der Waals surface area (Å²) in [7, 11) is -2.43. The standard InChI is InChI=1S/C28H33FN2O5S2/c1-4-20(2)17-30(38(33,34)22-11-9-21(35-3)10-12-22)18-28(32)31-15-13-27-23(14-16-37-27)25(31)19-36-26-8-6-5-7-24(26)29/h5-12,14,16,20,25H,4,13,15,17-19H2,1-3H3/t20-,25+/m1/s1. The number of benzene rings is 2. The Morgan fingerprint density at radius 3 is 2.61 bits per heavy atom. The van der Waals surface area contributed by atoms with Crippen molar-refractivity contribution in [3.63, 3.8) is 0 Å². The lowest BCUT2D eigenvalue weighted by Gasteiger charge is -2.37. The lowest BCUT2D eigenvalue weighted by atomic mass is 10.0. The molecule has 0 spiro atoms. The Kier molecular flexibility index (Phi) is 9.07. The van der Waals surface area contributed by atoms with E-state index in [1.165, 1.54) is 29.6 Å². The molecular weight excluding hydrogens is 527 g/mol. The number of hydrogen-bond acceptors (Lipinski definition) is 6. The van der Waals surface area contributed by atoms with Crippen LogP contribution in [0.4, 0.5) is 4.39 Å². The van der Waals surface area contributed by atoms with E-state index in [0.29, 0.717) is 18.7 Å². The second-order valence-electron chi connectivity index (χ2n) is 9.38. The molecule has 204 valence electrons. The number of halogens is 1. The van der Waals surface area contributed by atoms with Crippen LogP contribution in [0.1, 0.15) is 36.8 Å². The molecular formula is C28H33FN2O5S2. The molecule has 2 heterocycles. The molecule has 4 rings (SSSR count). The van der Waals surface area contributed by atoms with Crippen LogP contribution in [0.3, 0.4) is 0 Å². The molecule has 1 aliphatic heterocycles. The number of carbonyl (C=O) groups is 1. The molecule has 38 heavy (non-hydrogen) atoms. The quantitative estimate of drug-likeness (QED) is 0.325. The first-order valence-electron chi connectivity index (χ1n) is 12.6. The highest BCUT2D eigenvalue weighted by atomic mass is 32.2. The molecule has 1 amide bonds. The molecule has 2 atom stereocenters. The van der Waals surface area contributed by atoms with Crippen molar-refractivity contribution in [1.29, 1.82) is 0 Å². The van der Waals surface area contributed by atoms with Crippen molar-refractivity contribution in [2.24, 2.45) is 5.92 Å². The molecule has 7 nitrogen and oxygen atoms in total. The van der Waals surface area contributed by atoms with Crippen molar-refractivity contribution in [3.8, 4) is 11.5 Å². The summed E-state index contributed by atoms with van der Waals surface area (Å²) in [6.07, 6.45) is 1.44. The van der Waals surface area contributed by atoms with Crippen LogP contribution in [0, 0.1) is 11.7 Å². The third kappa shape index (κ3) is 6.19. The van der Waals surface area contributed by atoms with Crippen LogP contribution in [0.2, 0.25) is 0 Å². The fraction of sp³-hybridized carbons (Fsp3) is 0.393. The minimum atomic E-state index is -3.94. The zero-order chi connectivity index (χ0) is 27.3. The van der Waals surface area contributed by atoms with Gasteiger partial charge in [0.25, 0.3) is 0 Å². The number of hydrogen-bond donors (Lipinski definition) is 0.